The fraction of sp³-hybridized carbons (Fsp3) is 0.312. The van der Waals surface area contributed by atoms with Gasteiger partial charge >= 0.3 is 0 Å². The van der Waals surface area contributed by atoms with Crippen LogP contribution in [0.4, 0.5) is 0 Å². The summed E-state index contributed by atoms with van der Waals surface area (Å²) < 4.78 is 29.1. The van der Waals surface area contributed by atoms with Crippen LogP contribution >= 0.6 is 0 Å². The van der Waals surface area contributed by atoms with Crippen LogP contribution in [0.3, 0.4) is 0 Å². The van der Waals surface area contributed by atoms with Crippen molar-refractivity contribution in [1.29, 1.82) is 0 Å². The second-order valence-corrected chi connectivity index (χ2v) is 7.74. The number of benzene rings is 1. The number of carbonyl (C=O) groups is 1. The monoisotopic (exact) mass is 334 g/mol. The molecule has 1 aliphatic heterocycles. The fourth-order valence-electron chi connectivity index (χ4n) is 2.68. The van der Waals surface area contributed by atoms with Gasteiger partial charge in [0.05, 0.1) is 30.4 Å². The lowest BCUT2D eigenvalue weighted by Crippen LogP contribution is -2.48. The van der Waals surface area contributed by atoms with Gasteiger partial charge in [0.2, 0.25) is 0 Å². The second-order valence-electron chi connectivity index (χ2n) is 5.59. The van der Waals surface area contributed by atoms with Gasteiger partial charge in [-0.3, -0.25) is 4.79 Å². The number of amides is 1. The third-order valence-electron chi connectivity index (χ3n) is 3.82. The standard InChI is InChI=1S/C16H18N2O4S/c19-16(12-5-2-1-3-6-12)18-15-11-23(20,21)10-14(15)17-9-13-7-4-8-22-13/h1-8,14-15,17H,9-11H2,(H,18,19)/t14-,15+/m1/s1. The summed E-state index contributed by atoms with van der Waals surface area (Å²) in [5.41, 5.74) is 0.515. The third kappa shape index (κ3) is 4.00. The molecule has 0 radical (unpaired) electrons. The first-order chi connectivity index (χ1) is 11.0. The van der Waals surface area contributed by atoms with E-state index in [0.29, 0.717) is 12.1 Å². The Labute approximate surface area is 134 Å². The Hall–Kier alpha value is -2.12. The summed E-state index contributed by atoms with van der Waals surface area (Å²) in [7, 11) is -3.17. The summed E-state index contributed by atoms with van der Waals surface area (Å²) in [6.07, 6.45) is 1.57. The summed E-state index contributed by atoms with van der Waals surface area (Å²) in [4.78, 5) is 12.2. The number of hydrogen-bond acceptors (Lipinski definition) is 5. The van der Waals surface area contributed by atoms with E-state index in [1.807, 2.05) is 12.1 Å². The molecule has 1 fully saturated rings. The Morgan fingerprint density at radius 1 is 1.09 bits per heavy atom. The van der Waals surface area contributed by atoms with Crippen LogP contribution in [0.1, 0.15) is 16.1 Å². The molecule has 1 aliphatic rings. The zero-order valence-corrected chi connectivity index (χ0v) is 13.3. The Bertz CT molecular complexity index is 757. The van der Waals surface area contributed by atoms with Crippen molar-refractivity contribution in [2.24, 2.45) is 0 Å². The van der Waals surface area contributed by atoms with Crippen LogP contribution in [0.25, 0.3) is 0 Å². The van der Waals surface area contributed by atoms with Crippen LogP contribution in [0.15, 0.2) is 53.1 Å². The van der Waals surface area contributed by atoms with Crippen molar-refractivity contribution in [2.75, 3.05) is 11.5 Å². The van der Waals surface area contributed by atoms with E-state index in [2.05, 4.69) is 10.6 Å². The second kappa shape index (κ2) is 6.55. The average molecular weight is 334 g/mol. The largest absolute Gasteiger partial charge is 0.468 e. The van der Waals surface area contributed by atoms with E-state index in [1.165, 1.54) is 0 Å². The fourth-order valence-corrected chi connectivity index (χ4v) is 4.57. The lowest BCUT2D eigenvalue weighted by atomic mass is 10.1. The van der Waals surface area contributed by atoms with E-state index in [1.54, 1.807) is 36.6 Å². The van der Waals surface area contributed by atoms with Crippen LogP contribution < -0.4 is 10.6 Å². The Morgan fingerprint density at radius 2 is 1.83 bits per heavy atom. The van der Waals surface area contributed by atoms with E-state index in [4.69, 9.17) is 4.42 Å². The van der Waals surface area contributed by atoms with Gasteiger partial charge in [0, 0.05) is 11.6 Å². The lowest BCUT2D eigenvalue weighted by Gasteiger charge is -2.20. The van der Waals surface area contributed by atoms with E-state index in [9.17, 15) is 13.2 Å². The minimum Gasteiger partial charge on any atom is -0.468 e. The molecule has 1 aromatic carbocycles. The number of furan rings is 1. The molecule has 0 saturated carbocycles. The molecule has 6 nitrogen and oxygen atoms in total. The third-order valence-corrected chi connectivity index (χ3v) is 5.56. The van der Waals surface area contributed by atoms with Crippen molar-refractivity contribution in [3.05, 3.63) is 60.1 Å². The normalized spacial score (nSPS) is 22.8. The van der Waals surface area contributed by atoms with Gasteiger partial charge < -0.3 is 15.1 Å². The van der Waals surface area contributed by atoms with Gasteiger partial charge in [-0.1, -0.05) is 18.2 Å². The maximum atomic E-state index is 12.2. The predicted molar refractivity (Wildman–Crippen MR) is 85.7 cm³/mol. The summed E-state index contributed by atoms with van der Waals surface area (Å²) in [5, 5.41) is 5.98. The number of nitrogens with one attached hydrogen (secondary N) is 2. The average Bonchev–Trinajstić information content (AvgIpc) is 3.13. The number of hydrogen-bond donors (Lipinski definition) is 2. The summed E-state index contributed by atoms with van der Waals surface area (Å²) in [6, 6.07) is 11.6. The zero-order chi connectivity index (χ0) is 16.3. The first-order valence-electron chi connectivity index (χ1n) is 7.35. The Balaban J connectivity index is 1.66. The molecule has 2 atom stereocenters. The summed E-state index contributed by atoms with van der Waals surface area (Å²) >= 11 is 0. The maximum Gasteiger partial charge on any atom is 0.251 e. The highest BCUT2D eigenvalue weighted by atomic mass is 32.2. The van der Waals surface area contributed by atoms with Crippen LogP contribution in [-0.4, -0.2) is 37.9 Å². The van der Waals surface area contributed by atoms with Gasteiger partial charge in [0.1, 0.15) is 5.76 Å². The maximum absolute atomic E-state index is 12.2. The highest BCUT2D eigenvalue weighted by Gasteiger charge is 2.38. The molecule has 0 spiro atoms. The molecule has 2 heterocycles. The van der Waals surface area contributed by atoms with Gasteiger partial charge in [0.25, 0.3) is 5.91 Å². The molecule has 1 amide bonds. The molecule has 0 unspecified atom stereocenters. The highest BCUT2D eigenvalue weighted by molar-refractivity contribution is 7.91. The number of sulfone groups is 1. The van der Waals surface area contributed by atoms with E-state index >= 15 is 0 Å². The van der Waals surface area contributed by atoms with Gasteiger partial charge in [-0.25, -0.2) is 8.42 Å². The molecular weight excluding hydrogens is 316 g/mol. The van der Waals surface area contributed by atoms with E-state index < -0.39 is 15.9 Å². The summed E-state index contributed by atoms with van der Waals surface area (Å²) in [5.74, 6) is 0.411. The first-order valence-corrected chi connectivity index (χ1v) is 9.18. The first kappa shape index (κ1) is 15.8. The molecule has 0 aliphatic carbocycles. The van der Waals surface area contributed by atoms with E-state index in [0.717, 1.165) is 5.76 Å². The van der Waals surface area contributed by atoms with Crippen LogP contribution in [-0.2, 0) is 16.4 Å². The topological polar surface area (TPSA) is 88.4 Å². The van der Waals surface area contributed by atoms with Gasteiger partial charge in [-0.2, -0.15) is 0 Å². The SMILES string of the molecule is O=C(N[C@H]1CS(=O)(=O)C[C@H]1NCc1ccco1)c1ccccc1. The van der Waals surface area contributed by atoms with Crippen LogP contribution in [0.2, 0.25) is 0 Å². The quantitative estimate of drug-likeness (QED) is 0.850. The predicted octanol–water partition coefficient (Wildman–Crippen LogP) is 0.965. The molecular formula is C16H18N2O4S. The molecule has 122 valence electrons. The molecule has 1 saturated heterocycles. The smallest absolute Gasteiger partial charge is 0.251 e. The van der Waals surface area contributed by atoms with Gasteiger partial charge in [-0.15, -0.1) is 0 Å². The lowest BCUT2D eigenvalue weighted by molar-refractivity contribution is 0.0935. The van der Waals surface area contributed by atoms with Crippen molar-refractivity contribution < 1.29 is 17.6 Å². The Kier molecular flexibility index (Phi) is 4.49. The van der Waals surface area contributed by atoms with Crippen molar-refractivity contribution in [3.8, 4) is 0 Å². The van der Waals surface area contributed by atoms with Crippen molar-refractivity contribution in [2.45, 2.75) is 18.6 Å². The molecule has 0 bridgehead atoms. The molecule has 2 aromatic rings. The molecule has 23 heavy (non-hydrogen) atoms. The summed E-state index contributed by atoms with van der Waals surface area (Å²) in [6.45, 7) is 0.422. The van der Waals surface area contributed by atoms with Crippen LogP contribution in [0.5, 0.6) is 0 Å². The van der Waals surface area contributed by atoms with Gasteiger partial charge in [0.15, 0.2) is 9.84 Å². The molecule has 2 N–H and O–H groups in total. The van der Waals surface area contributed by atoms with Crippen molar-refractivity contribution >= 4 is 15.7 Å². The molecule has 1 aromatic heterocycles. The minimum absolute atomic E-state index is 0.00739. The molecule has 7 heteroatoms. The minimum atomic E-state index is -3.17. The highest BCUT2D eigenvalue weighted by Crippen LogP contribution is 2.15. The number of rotatable bonds is 5. The van der Waals surface area contributed by atoms with E-state index in [-0.39, 0.29) is 23.5 Å². The number of carbonyl (C=O) groups excluding carboxylic acids is 1. The molecule has 3 rings (SSSR count). The van der Waals surface area contributed by atoms with Crippen molar-refractivity contribution in [1.82, 2.24) is 10.6 Å². The van der Waals surface area contributed by atoms with Gasteiger partial charge in [-0.05, 0) is 24.3 Å². The Morgan fingerprint density at radius 3 is 2.52 bits per heavy atom. The van der Waals surface area contributed by atoms with Crippen LogP contribution in [0, 0.1) is 0 Å². The van der Waals surface area contributed by atoms with Crippen molar-refractivity contribution in [3.63, 3.8) is 0 Å². The zero-order valence-electron chi connectivity index (χ0n) is 12.4.